The lowest BCUT2D eigenvalue weighted by Crippen LogP contribution is -2.35. The van der Waals surface area contributed by atoms with Crippen LogP contribution in [0.1, 0.15) is 27.7 Å². The summed E-state index contributed by atoms with van der Waals surface area (Å²) in [7, 11) is 1.74. The van der Waals surface area contributed by atoms with E-state index in [1.54, 1.807) is 11.9 Å². The summed E-state index contributed by atoms with van der Waals surface area (Å²) < 4.78 is 0. The van der Waals surface area contributed by atoms with Crippen LogP contribution in [-0.4, -0.2) is 23.1 Å². The molecular formula is C15H15ClN2O2S. The van der Waals surface area contributed by atoms with Gasteiger partial charge in [0, 0.05) is 19.3 Å². The Morgan fingerprint density at radius 1 is 1.48 bits per heavy atom. The van der Waals surface area contributed by atoms with Crippen LogP contribution in [0, 0.1) is 6.92 Å². The van der Waals surface area contributed by atoms with Crippen LogP contribution >= 0.6 is 22.9 Å². The van der Waals surface area contributed by atoms with Crippen molar-refractivity contribution in [1.82, 2.24) is 4.90 Å². The molecule has 2 amide bonds. The number of carbonyl (C=O) groups excluding carboxylic acids is 1. The van der Waals surface area contributed by atoms with Gasteiger partial charge < -0.3 is 15.3 Å². The second-order valence-corrected chi connectivity index (χ2v) is 6.49. The number of aliphatic hydroxyl groups is 1. The van der Waals surface area contributed by atoms with Gasteiger partial charge in [-0.25, -0.2) is 4.79 Å². The van der Waals surface area contributed by atoms with Crippen LogP contribution < -0.4 is 5.32 Å². The standard InChI is InChI=1S/C15H15ClN2O2S/c1-8-7-21-14(12(8)16)13(19)9-3-4-11-10(5-9)6-18(2)15(20)17-11/h3-5,7,13,19H,6H2,1-2H3,(H,17,20). The van der Waals surface area contributed by atoms with Crippen molar-refractivity contribution in [3.8, 4) is 0 Å². The Labute approximate surface area is 132 Å². The van der Waals surface area contributed by atoms with Crippen molar-refractivity contribution in [3.63, 3.8) is 0 Å². The molecule has 0 saturated carbocycles. The smallest absolute Gasteiger partial charge is 0.321 e. The Bertz CT molecular complexity index is 714. The van der Waals surface area contributed by atoms with Crippen LogP contribution in [0.4, 0.5) is 10.5 Å². The third kappa shape index (κ3) is 2.52. The lowest BCUT2D eigenvalue weighted by molar-refractivity contribution is 0.217. The van der Waals surface area contributed by atoms with Crippen LogP contribution in [0.2, 0.25) is 5.02 Å². The molecular weight excluding hydrogens is 308 g/mol. The van der Waals surface area contributed by atoms with E-state index in [1.165, 1.54) is 11.3 Å². The molecule has 0 radical (unpaired) electrons. The van der Waals surface area contributed by atoms with E-state index in [0.29, 0.717) is 11.6 Å². The molecule has 0 bridgehead atoms. The van der Waals surface area contributed by atoms with Crippen molar-refractivity contribution >= 4 is 34.7 Å². The van der Waals surface area contributed by atoms with Gasteiger partial charge in [0.15, 0.2) is 0 Å². The molecule has 2 aromatic rings. The maximum atomic E-state index is 11.6. The van der Waals surface area contributed by atoms with Crippen LogP contribution in [0.3, 0.4) is 0 Å². The molecule has 1 aliphatic heterocycles. The van der Waals surface area contributed by atoms with Gasteiger partial charge in [-0.3, -0.25) is 0 Å². The first kappa shape index (κ1) is 14.4. The maximum absolute atomic E-state index is 11.6. The van der Waals surface area contributed by atoms with Gasteiger partial charge in [-0.2, -0.15) is 0 Å². The molecule has 0 aliphatic carbocycles. The number of aliphatic hydroxyl groups excluding tert-OH is 1. The zero-order valence-electron chi connectivity index (χ0n) is 11.7. The highest BCUT2D eigenvalue weighted by molar-refractivity contribution is 7.10. The number of urea groups is 1. The minimum atomic E-state index is -0.746. The van der Waals surface area contributed by atoms with E-state index in [-0.39, 0.29) is 6.03 Å². The fourth-order valence-corrected chi connectivity index (χ4v) is 3.67. The zero-order valence-corrected chi connectivity index (χ0v) is 13.3. The minimum Gasteiger partial charge on any atom is -0.383 e. The molecule has 1 unspecified atom stereocenters. The van der Waals surface area contributed by atoms with Gasteiger partial charge in [0.2, 0.25) is 0 Å². The first-order valence-corrected chi connectivity index (χ1v) is 7.79. The molecule has 0 spiro atoms. The molecule has 1 atom stereocenters. The molecule has 6 heteroatoms. The van der Waals surface area contributed by atoms with Gasteiger partial charge in [0.05, 0.1) is 9.90 Å². The number of benzene rings is 1. The number of rotatable bonds is 2. The number of carbonyl (C=O) groups is 1. The topological polar surface area (TPSA) is 52.6 Å². The first-order valence-electron chi connectivity index (χ1n) is 6.54. The molecule has 21 heavy (non-hydrogen) atoms. The SMILES string of the molecule is Cc1csc(C(O)c2ccc3c(c2)CN(C)C(=O)N3)c1Cl. The predicted octanol–water partition coefficient (Wildman–Crippen LogP) is 3.77. The molecule has 1 aromatic carbocycles. The van der Waals surface area contributed by atoms with Gasteiger partial charge in [0.1, 0.15) is 6.10 Å². The van der Waals surface area contributed by atoms with Crippen LogP contribution in [0.25, 0.3) is 0 Å². The Hall–Kier alpha value is -1.56. The summed E-state index contributed by atoms with van der Waals surface area (Å²) in [6.45, 7) is 2.45. The molecule has 2 N–H and O–H groups in total. The fraction of sp³-hybridized carbons (Fsp3) is 0.267. The summed E-state index contributed by atoms with van der Waals surface area (Å²) in [6.07, 6.45) is -0.746. The highest BCUT2D eigenvalue weighted by Crippen LogP contribution is 2.37. The summed E-state index contributed by atoms with van der Waals surface area (Å²) >= 11 is 7.68. The lowest BCUT2D eigenvalue weighted by Gasteiger charge is -2.26. The number of aryl methyl sites for hydroxylation is 1. The number of fused-ring (bicyclic) bond motifs is 1. The quantitative estimate of drug-likeness (QED) is 0.884. The van der Waals surface area contributed by atoms with Crippen molar-refractivity contribution in [2.75, 3.05) is 12.4 Å². The van der Waals surface area contributed by atoms with E-state index < -0.39 is 6.10 Å². The van der Waals surface area contributed by atoms with Gasteiger partial charge in [-0.05, 0) is 41.1 Å². The molecule has 1 aliphatic rings. The zero-order chi connectivity index (χ0) is 15.1. The minimum absolute atomic E-state index is 0.118. The number of nitrogens with zero attached hydrogens (tertiary/aromatic N) is 1. The second kappa shape index (κ2) is 5.33. The first-order chi connectivity index (χ1) is 9.97. The van der Waals surface area contributed by atoms with E-state index in [1.807, 2.05) is 30.5 Å². The third-order valence-electron chi connectivity index (χ3n) is 3.61. The van der Waals surface area contributed by atoms with E-state index in [9.17, 15) is 9.90 Å². The third-order valence-corrected chi connectivity index (χ3v) is 5.38. The number of halogens is 1. The Balaban J connectivity index is 1.95. The average Bonchev–Trinajstić information content (AvgIpc) is 2.79. The number of hydrogen-bond acceptors (Lipinski definition) is 3. The average molecular weight is 323 g/mol. The highest BCUT2D eigenvalue weighted by Gasteiger charge is 2.22. The van der Waals surface area contributed by atoms with Crippen molar-refractivity contribution in [2.24, 2.45) is 0 Å². The Kier molecular flexibility index (Phi) is 3.65. The lowest BCUT2D eigenvalue weighted by atomic mass is 10.0. The fourth-order valence-electron chi connectivity index (χ4n) is 2.36. The molecule has 0 fully saturated rings. The number of hydrogen-bond donors (Lipinski definition) is 2. The molecule has 110 valence electrons. The molecule has 0 saturated heterocycles. The van der Waals surface area contributed by atoms with Crippen LogP contribution in [0.5, 0.6) is 0 Å². The van der Waals surface area contributed by atoms with Crippen molar-refractivity contribution in [1.29, 1.82) is 0 Å². The maximum Gasteiger partial charge on any atom is 0.321 e. The molecule has 1 aromatic heterocycles. The summed E-state index contributed by atoms with van der Waals surface area (Å²) in [4.78, 5) is 13.9. The number of amides is 2. The Morgan fingerprint density at radius 2 is 2.24 bits per heavy atom. The highest BCUT2D eigenvalue weighted by atomic mass is 35.5. The summed E-state index contributed by atoms with van der Waals surface area (Å²) in [5.41, 5.74) is 3.53. The van der Waals surface area contributed by atoms with Gasteiger partial charge in [0.25, 0.3) is 0 Å². The van der Waals surface area contributed by atoms with Gasteiger partial charge in [-0.1, -0.05) is 17.7 Å². The van der Waals surface area contributed by atoms with Crippen molar-refractivity contribution in [2.45, 2.75) is 19.6 Å². The summed E-state index contributed by atoms with van der Waals surface area (Å²) in [6, 6.07) is 5.45. The second-order valence-electron chi connectivity index (χ2n) is 5.20. The van der Waals surface area contributed by atoms with E-state index >= 15 is 0 Å². The van der Waals surface area contributed by atoms with Crippen molar-refractivity contribution in [3.05, 3.63) is 50.2 Å². The number of anilines is 1. The normalized spacial score (nSPS) is 15.6. The Morgan fingerprint density at radius 3 is 2.90 bits per heavy atom. The largest absolute Gasteiger partial charge is 0.383 e. The molecule has 2 heterocycles. The summed E-state index contributed by atoms with van der Waals surface area (Å²) in [5.74, 6) is 0. The van der Waals surface area contributed by atoms with Crippen LogP contribution in [0.15, 0.2) is 23.6 Å². The predicted molar refractivity (Wildman–Crippen MR) is 85.1 cm³/mol. The molecule has 4 nitrogen and oxygen atoms in total. The van der Waals surface area contributed by atoms with Gasteiger partial charge in [-0.15, -0.1) is 11.3 Å². The van der Waals surface area contributed by atoms with E-state index in [0.717, 1.165) is 27.3 Å². The van der Waals surface area contributed by atoms with Crippen LogP contribution in [-0.2, 0) is 6.54 Å². The summed E-state index contributed by atoms with van der Waals surface area (Å²) in [5, 5.41) is 15.9. The van der Waals surface area contributed by atoms with E-state index in [4.69, 9.17) is 11.6 Å². The van der Waals surface area contributed by atoms with Gasteiger partial charge >= 0.3 is 6.03 Å². The van der Waals surface area contributed by atoms with E-state index in [2.05, 4.69) is 5.32 Å². The number of nitrogens with one attached hydrogen (secondary N) is 1. The molecule has 3 rings (SSSR count). The monoisotopic (exact) mass is 322 g/mol. The van der Waals surface area contributed by atoms with Crippen molar-refractivity contribution < 1.29 is 9.90 Å². The number of thiophene rings is 1.